The van der Waals surface area contributed by atoms with Crippen molar-refractivity contribution < 1.29 is 21.6 Å². The van der Waals surface area contributed by atoms with Gasteiger partial charge in [0, 0.05) is 86.6 Å². The van der Waals surface area contributed by atoms with Crippen molar-refractivity contribution in [2.75, 3.05) is 57.4 Å². The monoisotopic (exact) mass is 714 g/mol. The van der Waals surface area contributed by atoms with Gasteiger partial charge in [-0.3, -0.25) is 9.80 Å². The summed E-state index contributed by atoms with van der Waals surface area (Å²) in [5.41, 5.74) is 4.04. The predicted octanol–water partition coefficient (Wildman–Crippen LogP) is 5.46. The second-order valence-corrected chi connectivity index (χ2v) is 16.8. The van der Waals surface area contributed by atoms with Crippen LogP contribution >= 0.6 is 11.3 Å². The average Bonchev–Trinajstić information content (AvgIpc) is 3.73. The molecule has 0 unspecified atom stereocenters. The Labute approximate surface area is 288 Å². The Kier molecular flexibility index (Phi) is 9.38. The maximum Gasteiger partial charge on any atom is 0.393 e. The molecule has 3 aromatic heterocycles. The number of hydrogen-bond acceptors (Lipinski definition) is 9. The lowest BCUT2D eigenvalue weighted by atomic mass is 10.0. The van der Waals surface area contributed by atoms with E-state index in [4.69, 9.17) is 4.98 Å². The average molecular weight is 715 g/mol. The van der Waals surface area contributed by atoms with E-state index in [0.29, 0.717) is 60.4 Å². The van der Waals surface area contributed by atoms with Crippen LogP contribution in [-0.4, -0.2) is 101 Å². The lowest BCUT2D eigenvalue weighted by Crippen LogP contribution is -2.48. The third kappa shape index (κ3) is 7.73. The first-order valence-corrected chi connectivity index (χ1v) is 19.6. The Balaban J connectivity index is 0.988. The van der Waals surface area contributed by atoms with Crippen LogP contribution in [0.3, 0.4) is 0 Å². The van der Waals surface area contributed by atoms with E-state index in [9.17, 15) is 26.9 Å². The summed E-state index contributed by atoms with van der Waals surface area (Å²) in [6.45, 7) is 8.37. The zero-order valence-corrected chi connectivity index (χ0v) is 29.4. The topological polar surface area (TPSA) is 110 Å². The van der Waals surface area contributed by atoms with Gasteiger partial charge in [-0.15, -0.1) is 11.3 Å². The van der Waals surface area contributed by atoms with Crippen molar-refractivity contribution in [1.29, 1.82) is 5.26 Å². The number of benzene rings is 1. The lowest BCUT2D eigenvalue weighted by molar-refractivity contribution is -0.126. The molecule has 7 rings (SSSR count). The molecule has 1 aliphatic carbocycles. The van der Waals surface area contributed by atoms with Crippen LogP contribution in [0.1, 0.15) is 59.1 Å². The van der Waals surface area contributed by atoms with Crippen LogP contribution < -0.4 is 5.32 Å². The minimum absolute atomic E-state index is 0.164. The molecule has 0 atom stereocenters. The number of rotatable bonds is 10. The van der Waals surface area contributed by atoms with Crippen LogP contribution in [0.5, 0.6) is 0 Å². The fourth-order valence-corrected chi connectivity index (χ4v) is 9.02. The van der Waals surface area contributed by atoms with Gasteiger partial charge in [-0.25, -0.2) is 18.4 Å². The second kappa shape index (κ2) is 13.4. The molecule has 5 heterocycles. The summed E-state index contributed by atoms with van der Waals surface area (Å²) in [6.07, 6.45) is -0.156. The number of nitriles is 1. The van der Waals surface area contributed by atoms with E-state index in [1.165, 1.54) is 16.1 Å². The number of hydrogen-bond donors (Lipinski definition) is 1. The van der Waals surface area contributed by atoms with Crippen molar-refractivity contribution in [1.82, 2.24) is 28.6 Å². The van der Waals surface area contributed by atoms with Crippen LogP contribution in [0.15, 0.2) is 24.3 Å². The number of nitrogens with zero attached hydrogens (tertiary/aromatic N) is 7. The van der Waals surface area contributed by atoms with E-state index in [0.717, 1.165) is 85.5 Å². The largest absolute Gasteiger partial charge is 0.393 e. The number of aryl methyl sites for hydroxylation is 1. The molecule has 3 fully saturated rings. The van der Waals surface area contributed by atoms with Gasteiger partial charge in [0.1, 0.15) is 28.2 Å². The van der Waals surface area contributed by atoms with Gasteiger partial charge >= 0.3 is 6.18 Å². The summed E-state index contributed by atoms with van der Waals surface area (Å²) in [6, 6.07) is 10.4. The van der Waals surface area contributed by atoms with E-state index < -0.39 is 22.6 Å². The second-order valence-electron chi connectivity index (χ2n) is 13.7. The molecular formula is C34H41F3N8O2S2. The van der Waals surface area contributed by atoms with Crippen molar-refractivity contribution in [2.45, 2.75) is 70.3 Å². The third-order valence-corrected chi connectivity index (χ3v) is 12.5. The van der Waals surface area contributed by atoms with Crippen LogP contribution in [0.25, 0.3) is 21.1 Å². The summed E-state index contributed by atoms with van der Waals surface area (Å²) in [5.74, 6) is 1.69. The number of aromatic nitrogens is 3. The van der Waals surface area contributed by atoms with E-state index in [1.54, 1.807) is 6.07 Å². The summed E-state index contributed by atoms with van der Waals surface area (Å²) in [7, 11) is -3.18. The van der Waals surface area contributed by atoms with E-state index in [1.807, 2.05) is 6.07 Å². The Bertz CT molecular complexity index is 2000. The number of nitrogens with one attached hydrogen (secondary N) is 1. The molecule has 0 radical (unpaired) electrons. The number of piperazine rings is 1. The van der Waals surface area contributed by atoms with Gasteiger partial charge in [0.2, 0.25) is 10.0 Å². The maximum absolute atomic E-state index is 13.1. The molecule has 10 nitrogen and oxygen atoms in total. The van der Waals surface area contributed by atoms with Gasteiger partial charge in [0.15, 0.2) is 0 Å². The van der Waals surface area contributed by atoms with Gasteiger partial charge in [-0.2, -0.15) is 22.7 Å². The number of sulfonamides is 1. The minimum atomic E-state index is -4.26. The molecule has 2 aliphatic heterocycles. The highest BCUT2D eigenvalue weighted by Gasteiger charge is 2.32. The predicted molar refractivity (Wildman–Crippen MR) is 185 cm³/mol. The number of piperidine rings is 1. The molecule has 4 aromatic rings. The molecule has 0 bridgehead atoms. The zero-order valence-electron chi connectivity index (χ0n) is 27.8. The van der Waals surface area contributed by atoms with E-state index in [2.05, 4.69) is 49.8 Å². The van der Waals surface area contributed by atoms with Gasteiger partial charge in [0.05, 0.1) is 18.1 Å². The number of alkyl halides is 3. The van der Waals surface area contributed by atoms with E-state index >= 15 is 0 Å². The van der Waals surface area contributed by atoms with Crippen LogP contribution in [-0.2, 0) is 29.5 Å². The van der Waals surface area contributed by atoms with Crippen molar-refractivity contribution >= 4 is 48.3 Å². The van der Waals surface area contributed by atoms with Crippen molar-refractivity contribution in [3.63, 3.8) is 0 Å². The fourth-order valence-electron chi connectivity index (χ4n) is 7.13. The van der Waals surface area contributed by atoms with Gasteiger partial charge in [-0.05, 0) is 61.9 Å². The quantitative estimate of drug-likeness (QED) is 0.231. The van der Waals surface area contributed by atoms with Gasteiger partial charge in [-0.1, -0.05) is 6.07 Å². The highest BCUT2D eigenvalue weighted by molar-refractivity contribution is 7.88. The summed E-state index contributed by atoms with van der Waals surface area (Å²) in [5, 5.41) is 15.3. The highest BCUT2D eigenvalue weighted by Crippen LogP contribution is 2.41. The molecule has 0 spiro atoms. The standard InChI is InChI=1S/C34H41F3N8O2S2/c1-22-24(5-6-30-28(22)17-26(20-38)45(30)16-13-42-11-14-44(15-12-42)49(2,46)47)21-43-9-7-25(8-10-43)39-32-29-18-27(19-34(35,36)37)48-33(29)41-31(40-32)23-3-4-23/h5-6,17-18,23,25H,3-4,7-16,19,21H2,1-2H3,(H,39,40,41). The van der Waals surface area contributed by atoms with Gasteiger partial charge < -0.3 is 9.88 Å². The Hall–Kier alpha value is -3.29. The normalized spacial score (nSPS) is 19.2. The highest BCUT2D eigenvalue weighted by atomic mass is 32.2. The number of fused-ring (bicyclic) bond motifs is 2. The van der Waals surface area contributed by atoms with Gasteiger partial charge in [0.25, 0.3) is 0 Å². The van der Waals surface area contributed by atoms with Crippen LogP contribution in [0.4, 0.5) is 19.0 Å². The summed E-state index contributed by atoms with van der Waals surface area (Å²) >= 11 is 1.12. The molecule has 1 saturated carbocycles. The summed E-state index contributed by atoms with van der Waals surface area (Å²) in [4.78, 5) is 15.0. The third-order valence-electron chi connectivity index (χ3n) is 10.1. The number of thiophene rings is 1. The molecule has 3 aliphatic rings. The molecule has 49 heavy (non-hydrogen) atoms. The zero-order chi connectivity index (χ0) is 34.5. The van der Waals surface area contributed by atoms with Crippen LogP contribution in [0, 0.1) is 18.3 Å². The smallest absolute Gasteiger partial charge is 0.367 e. The molecule has 1 N–H and O–H groups in total. The Morgan fingerprint density at radius 3 is 2.37 bits per heavy atom. The number of likely N-dealkylation sites (tertiary alicyclic amines) is 1. The maximum atomic E-state index is 13.1. The summed E-state index contributed by atoms with van der Waals surface area (Å²) < 4.78 is 66.8. The molecule has 15 heteroatoms. The van der Waals surface area contributed by atoms with Crippen molar-refractivity contribution in [3.8, 4) is 6.07 Å². The lowest BCUT2D eigenvalue weighted by Gasteiger charge is -2.33. The molecule has 1 aromatic carbocycles. The Morgan fingerprint density at radius 2 is 1.71 bits per heavy atom. The molecule has 2 saturated heterocycles. The van der Waals surface area contributed by atoms with E-state index in [-0.39, 0.29) is 10.9 Å². The SMILES string of the molecule is Cc1c(CN2CCC(Nc3nc(C4CC4)nc4sc(CC(F)(F)F)cc34)CC2)ccc2c1cc(C#N)n2CCN1CCN(S(C)(=O)=O)CC1. The molecule has 262 valence electrons. The van der Waals surface area contributed by atoms with Crippen molar-refractivity contribution in [2.24, 2.45) is 0 Å². The molecule has 0 amide bonds. The van der Waals surface area contributed by atoms with Crippen LogP contribution in [0.2, 0.25) is 0 Å². The fraction of sp³-hybridized carbons (Fsp3) is 0.559. The number of anilines is 1. The first-order valence-electron chi connectivity index (χ1n) is 16.9. The Morgan fingerprint density at radius 1 is 0.980 bits per heavy atom. The first kappa shape index (κ1) is 34.2. The first-order chi connectivity index (χ1) is 23.3. The number of halogens is 3. The molecular weight excluding hydrogens is 674 g/mol. The van der Waals surface area contributed by atoms with Crippen molar-refractivity contribution in [3.05, 3.63) is 51.8 Å². The minimum Gasteiger partial charge on any atom is -0.367 e.